The number of para-hydroxylation sites is 1. The number of rotatable bonds is 4. The molecule has 0 bridgehead atoms. The summed E-state index contributed by atoms with van der Waals surface area (Å²) in [5.74, 6) is -0.275. The highest BCUT2D eigenvalue weighted by atomic mass is 35.5. The average molecular weight is 356 g/mol. The molecule has 1 unspecified atom stereocenters. The normalized spacial score (nSPS) is 12.1. The summed E-state index contributed by atoms with van der Waals surface area (Å²) in [4.78, 5) is 29.2. The molecule has 0 spiro atoms. The number of nitrogens with zero attached hydrogens (tertiary/aromatic N) is 2. The summed E-state index contributed by atoms with van der Waals surface area (Å²) in [6, 6.07) is 12.5. The fourth-order valence-corrected chi connectivity index (χ4v) is 3.10. The van der Waals surface area contributed by atoms with Crippen LogP contribution in [-0.2, 0) is 11.3 Å². The molecule has 6 heteroatoms. The van der Waals surface area contributed by atoms with Crippen molar-refractivity contribution in [2.75, 3.05) is 0 Å². The molecule has 5 nitrogen and oxygen atoms in total. The lowest BCUT2D eigenvalue weighted by molar-refractivity contribution is -0.122. The van der Waals surface area contributed by atoms with E-state index >= 15 is 0 Å². The van der Waals surface area contributed by atoms with E-state index < -0.39 is 0 Å². The second-order valence-electron chi connectivity index (χ2n) is 5.96. The minimum absolute atomic E-state index is 0.0928. The standard InChI is InChI=1S/C19H18ClN3O2/c1-12-6-5-8-15-18(12)21-11-23(19(15)25)10-17(24)22-13(2)14-7-3-4-9-16(14)20/h3-9,11,13H,10H2,1-2H3,(H,22,24). The Bertz CT molecular complexity index is 997. The molecule has 1 amide bonds. The van der Waals surface area contributed by atoms with Crippen LogP contribution in [0.3, 0.4) is 0 Å². The van der Waals surface area contributed by atoms with Gasteiger partial charge in [0, 0.05) is 5.02 Å². The van der Waals surface area contributed by atoms with Gasteiger partial charge in [0.2, 0.25) is 5.91 Å². The predicted octanol–water partition coefficient (Wildman–Crippen LogP) is 3.24. The summed E-state index contributed by atoms with van der Waals surface area (Å²) in [6.45, 7) is 3.66. The molecule has 0 aliphatic rings. The molecule has 1 N–H and O–H groups in total. The molecule has 2 aromatic carbocycles. The number of amides is 1. The second-order valence-corrected chi connectivity index (χ2v) is 6.37. The van der Waals surface area contributed by atoms with Gasteiger partial charge in [-0.15, -0.1) is 0 Å². The number of halogens is 1. The van der Waals surface area contributed by atoms with Gasteiger partial charge in [0.25, 0.3) is 5.56 Å². The zero-order chi connectivity index (χ0) is 18.0. The van der Waals surface area contributed by atoms with Crippen molar-refractivity contribution in [2.45, 2.75) is 26.4 Å². The first-order valence-corrected chi connectivity index (χ1v) is 8.33. The Morgan fingerprint density at radius 3 is 2.76 bits per heavy atom. The molecule has 1 aromatic heterocycles. The van der Waals surface area contributed by atoms with Crippen molar-refractivity contribution in [3.63, 3.8) is 0 Å². The van der Waals surface area contributed by atoms with Crippen molar-refractivity contribution < 1.29 is 4.79 Å². The molecule has 0 aliphatic heterocycles. The van der Waals surface area contributed by atoms with Crippen LogP contribution in [0, 0.1) is 6.92 Å². The molecular weight excluding hydrogens is 338 g/mol. The van der Waals surface area contributed by atoms with Gasteiger partial charge in [0.1, 0.15) is 6.54 Å². The van der Waals surface area contributed by atoms with Crippen molar-refractivity contribution >= 4 is 28.4 Å². The quantitative estimate of drug-likeness (QED) is 0.781. The van der Waals surface area contributed by atoms with Crippen molar-refractivity contribution in [1.29, 1.82) is 0 Å². The minimum atomic E-state index is -0.275. The molecule has 0 saturated heterocycles. The zero-order valence-corrected chi connectivity index (χ0v) is 14.7. The summed E-state index contributed by atoms with van der Waals surface area (Å²) in [7, 11) is 0. The average Bonchev–Trinajstić information content (AvgIpc) is 2.58. The molecule has 0 fully saturated rings. The van der Waals surface area contributed by atoms with Crippen molar-refractivity contribution in [3.05, 3.63) is 75.3 Å². The number of aryl methyl sites for hydroxylation is 1. The van der Waals surface area contributed by atoms with Crippen LogP contribution in [0.15, 0.2) is 53.6 Å². The van der Waals surface area contributed by atoms with Crippen LogP contribution in [-0.4, -0.2) is 15.5 Å². The Labute approximate surface area is 150 Å². The number of carbonyl (C=O) groups excluding carboxylic acids is 1. The highest BCUT2D eigenvalue weighted by molar-refractivity contribution is 6.31. The molecule has 25 heavy (non-hydrogen) atoms. The van der Waals surface area contributed by atoms with Crippen LogP contribution in [0.4, 0.5) is 0 Å². The largest absolute Gasteiger partial charge is 0.348 e. The van der Waals surface area contributed by atoms with E-state index in [-0.39, 0.29) is 24.1 Å². The van der Waals surface area contributed by atoms with E-state index in [0.29, 0.717) is 15.9 Å². The lowest BCUT2D eigenvalue weighted by atomic mass is 10.1. The Morgan fingerprint density at radius 1 is 1.24 bits per heavy atom. The minimum Gasteiger partial charge on any atom is -0.348 e. The maximum absolute atomic E-state index is 12.5. The summed E-state index contributed by atoms with van der Waals surface area (Å²) in [5, 5.41) is 3.96. The second kappa shape index (κ2) is 7.07. The SMILES string of the molecule is Cc1cccc2c(=O)n(CC(=O)NC(C)c3ccccc3Cl)cnc12. The van der Waals surface area contributed by atoms with Gasteiger partial charge >= 0.3 is 0 Å². The number of fused-ring (bicyclic) bond motifs is 1. The highest BCUT2D eigenvalue weighted by Gasteiger charge is 2.14. The molecule has 0 radical (unpaired) electrons. The molecule has 3 aromatic rings. The summed E-state index contributed by atoms with van der Waals surface area (Å²) >= 11 is 6.15. The monoisotopic (exact) mass is 355 g/mol. The Balaban J connectivity index is 1.80. The fraction of sp³-hybridized carbons (Fsp3) is 0.211. The van der Waals surface area contributed by atoms with Crippen molar-refractivity contribution in [3.8, 4) is 0 Å². The van der Waals surface area contributed by atoms with Crippen LogP contribution in [0.1, 0.15) is 24.1 Å². The van der Waals surface area contributed by atoms with Crippen LogP contribution in [0.5, 0.6) is 0 Å². The van der Waals surface area contributed by atoms with Gasteiger partial charge in [0.05, 0.1) is 23.3 Å². The van der Waals surface area contributed by atoms with Crippen LogP contribution >= 0.6 is 11.6 Å². The lowest BCUT2D eigenvalue weighted by Crippen LogP contribution is -2.34. The topological polar surface area (TPSA) is 64.0 Å². The third kappa shape index (κ3) is 3.56. The van der Waals surface area contributed by atoms with Gasteiger partial charge in [0.15, 0.2) is 0 Å². The molecular formula is C19H18ClN3O2. The number of hydrogen-bond acceptors (Lipinski definition) is 3. The summed E-state index contributed by atoms with van der Waals surface area (Å²) < 4.78 is 1.32. The van der Waals surface area contributed by atoms with E-state index in [4.69, 9.17) is 11.6 Å². The molecule has 0 saturated carbocycles. The van der Waals surface area contributed by atoms with E-state index in [2.05, 4.69) is 10.3 Å². The summed E-state index contributed by atoms with van der Waals surface area (Å²) in [6.07, 6.45) is 1.41. The number of aromatic nitrogens is 2. The van der Waals surface area contributed by atoms with E-state index in [1.165, 1.54) is 10.9 Å². The molecule has 128 valence electrons. The van der Waals surface area contributed by atoms with E-state index in [1.807, 2.05) is 44.2 Å². The fourth-order valence-electron chi connectivity index (χ4n) is 2.80. The molecule has 1 heterocycles. The van der Waals surface area contributed by atoms with Gasteiger partial charge in [-0.2, -0.15) is 0 Å². The van der Waals surface area contributed by atoms with Gasteiger partial charge < -0.3 is 5.32 Å². The van der Waals surface area contributed by atoms with E-state index in [9.17, 15) is 9.59 Å². The first-order chi connectivity index (χ1) is 12.0. The Kier molecular flexibility index (Phi) is 4.86. The Hall–Kier alpha value is -2.66. The summed E-state index contributed by atoms with van der Waals surface area (Å²) in [5.41, 5.74) is 2.19. The van der Waals surface area contributed by atoms with E-state index in [1.54, 1.807) is 12.1 Å². The van der Waals surface area contributed by atoms with Gasteiger partial charge in [-0.25, -0.2) is 4.98 Å². The van der Waals surface area contributed by atoms with Gasteiger partial charge in [-0.3, -0.25) is 14.2 Å². The van der Waals surface area contributed by atoms with Crippen LogP contribution in [0.25, 0.3) is 10.9 Å². The maximum atomic E-state index is 12.5. The van der Waals surface area contributed by atoms with Gasteiger partial charge in [-0.05, 0) is 37.1 Å². The number of benzene rings is 2. The Morgan fingerprint density at radius 2 is 2.00 bits per heavy atom. The molecule has 1 atom stereocenters. The number of hydrogen-bond donors (Lipinski definition) is 1. The number of carbonyl (C=O) groups is 1. The molecule has 3 rings (SSSR count). The predicted molar refractivity (Wildman–Crippen MR) is 98.7 cm³/mol. The zero-order valence-electron chi connectivity index (χ0n) is 14.0. The lowest BCUT2D eigenvalue weighted by Gasteiger charge is -2.16. The third-order valence-electron chi connectivity index (χ3n) is 4.12. The first-order valence-electron chi connectivity index (χ1n) is 7.96. The third-order valence-corrected chi connectivity index (χ3v) is 4.46. The van der Waals surface area contributed by atoms with E-state index in [0.717, 1.165) is 11.1 Å². The first kappa shape index (κ1) is 17.2. The highest BCUT2D eigenvalue weighted by Crippen LogP contribution is 2.22. The van der Waals surface area contributed by atoms with Gasteiger partial charge in [-0.1, -0.05) is 41.9 Å². The van der Waals surface area contributed by atoms with Crippen LogP contribution in [0.2, 0.25) is 5.02 Å². The molecule has 0 aliphatic carbocycles. The maximum Gasteiger partial charge on any atom is 0.261 e. The van der Waals surface area contributed by atoms with Crippen molar-refractivity contribution in [2.24, 2.45) is 0 Å². The van der Waals surface area contributed by atoms with Crippen LogP contribution < -0.4 is 10.9 Å². The number of nitrogens with one attached hydrogen (secondary N) is 1. The van der Waals surface area contributed by atoms with Crippen molar-refractivity contribution in [1.82, 2.24) is 14.9 Å². The smallest absolute Gasteiger partial charge is 0.261 e.